The maximum atomic E-state index is 11.7. The van der Waals surface area contributed by atoms with Crippen LogP contribution in [0.1, 0.15) is 23.5 Å². The summed E-state index contributed by atoms with van der Waals surface area (Å²) in [7, 11) is 1.28. The normalized spacial score (nSPS) is 11.0. The summed E-state index contributed by atoms with van der Waals surface area (Å²) in [5.74, 6) is -0.837. The smallest absolute Gasteiger partial charge is 0.330 e. The fourth-order valence-electron chi connectivity index (χ4n) is 1.09. The van der Waals surface area contributed by atoms with E-state index in [9.17, 15) is 9.59 Å². The van der Waals surface area contributed by atoms with Crippen LogP contribution in [0.25, 0.3) is 0 Å². The number of rotatable bonds is 3. The average molecular weight is 262 g/mol. The largest absolute Gasteiger partial charge is 0.467 e. The molecule has 0 spiro atoms. The number of carbonyl (C=O) groups is 2. The summed E-state index contributed by atoms with van der Waals surface area (Å²) in [6.45, 7) is 3.15. The van der Waals surface area contributed by atoms with Gasteiger partial charge in [0.2, 0.25) is 0 Å². The van der Waals surface area contributed by atoms with Gasteiger partial charge in [-0.1, -0.05) is 11.6 Å². The summed E-state index contributed by atoms with van der Waals surface area (Å²) in [5, 5.41) is 2.57. The van der Waals surface area contributed by atoms with Crippen LogP contribution in [-0.4, -0.2) is 24.5 Å². The number of amides is 1. The van der Waals surface area contributed by atoms with Gasteiger partial charge in [-0.3, -0.25) is 4.79 Å². The van der Waals surface area contributed by atoms with E-state index in [0.717, 1.165) is 11.3 Å². The van der Waals surface area contributed by atoms with Crippen LogP contribution in [0.4, 0.5) is 0 Å². The molecule has 88 valence electrons. The number of methoxy groups -OCH3 is 1. The van der Waals surface area contributed by atoms with E-state index in [1.165, 1.54) is 7.11 Å². The number of ether oxygens (including phenoxy) is 1. The van der Waals surface area contributed by atoms with Crippen LogP contribution in [0.2, 0.25) is 4.34 Å². The van der Waals surface area contributed by atoms with Gasteiger partial charge in [-0.2, -0.15) is 0 Å². The van der Waals surface area contributed by atoms with Crippen molar-refractivity contribution in [3.8, 4) is 0 Å². The van der Waals surface area contributed by atoms with Gasteiger partial charge in [0.25, 0.3) is 5.91 Å². The Balaban J connectivity index is 2.75. The molecule has 1 heterocycles. The molecule has 16 heavy (non-hydrogen) atoms. The van der Waals surface area contributed by atoms with Crippen molar-refractivity contribution >= 4 is 34.8 Å². The number of carbonyl (C=O) groups excluding carboxylic acids is 2. The van der Waals surface area contributed by atoms with Gasteiger partial charge in [0.05, 0.1) is 16.3 Å². The van der Waals surface area contributed by atoms with Crippen molar-refractivity contribution in [2.75, 3.05) is 7.11 Å². The van der Waals surface area contributed by atoms with Crippen LogP contribution in [-0.2, 0) is 9.53 Å². The fraction of sp³-hybridized carbons (Fsp3) is 0.400. The first-order chi connectivity index (χ1) is 7.36. The molecule has 1 amide bonds. The van der Waals surface area contributed by atoms with Gasteiger partial charge in [0.1, 0.15) is 5.54 Å². The van der Waals surface area contributed by atoms with Gasteiger partial charge in [-0.25, -0.2) is 4.79 Å². The number of hydrogen-bond donors (Lipinski definition) is 1. The predicted octanol–water partition coefficient (Wildman–Crippen LogP) is 2.08. The molecule has 4 nitrogen and oxygen atoms in total. The van der Waals surface area contributed by atoms with Crippen molar-refractivity contribution < 1.29 is 14.3 Å². The molecule has 1 N–H and O–H groups in total. The molecule has 0 bridgehead atoms. The molecule has 0 atom stereocenters. The van der Waals surface area contributed by atoms with E-state index in [2.05, 4.69) is 10.1 Å². The molecule has 0 fully saturated rings. The zero-order valence-electron chi connectivity index (χ0n) is 9.17. The Morgan fingerprint density at radius 3 is 2.50 bits per heavy atom. The Morgan fingerprint density at radius 2 is 2.06 bits per heavy atom. The molecule has 1 aromatic heterocycles. The summed E-state index contributed by atoms with van der Waals surface area (Å²) in [5.41, 5.74) is -1.05. The third kappa shape index (κ3) is 2.96. The number of esters is 1. The molecule has 0 aliphatic heterocycles. The second kappa shape index (κ2) is 4.84. The van der Waals surface area contributed by atoms with Crippen LogP contribution < -0.4 is 5.32 Å². The van der Waals surface area contributed by atoms with Crippen LogP contribution in [0.15, 0.2) is 12.1 Å². The molecule has 0 radical (unpaired) electrons. The molecule has 0 aliphatic rings. The van der Waals surface area contributed by atoms with E-state index in [1.807, 2.05) is 0 Å². The summed E-state index contributed by atoms with van der Waals surface area (Å²) >= 11 is 6.87. The van der Waals surface area contributed by atoms with Gasteiger partial charge in [-0.15, -0.1) is 11.3 Å². The van der Waals surface area contributed by atoms with Crippen molar-refractivity contribution in [1.82, 2.24) is 5.32 Å². The molecule has 1 aromatic rings. The van der Waals surface area contributed by atoms with Gasteiger partial charge in [-0.05, 0) is 26.0 Å². The molecular formula is C10H12ClNO3S. The first kappa shape index (κ1) is 13.0. The maximum absolute atomic E-state index is 11.7. The summed E-state index contributed by atoms with van der Waals surface area (Å²) in [6, 6.07) is 3.24. The lowest BCUT2D eigenvalue weighted by atomic mass is 10.1. The third-order valence-corrected chi connectivity index (χ3v) is 3.15. The Labute approximate surface area is 103 Å². The topological polar surface area (TPSA) is 55.4 Å². The minimum atomic E-state index is -1.05. The molecular weight excluding hydrogens is 250 g/mol. The van der Waals surface area contributed by atoms with E-state index < -0.39 is 11.5 Å². The van der Waals surface area contributed by atoms with E-state index in [0.29, 0.717) is 9.21 Å². The predicted molar refractivity (Wildman–Crippen MR) is 62.9 cm³/mol. The lowest BCUT2D eigenvalue weighted by Crippen LogP contribution is -2.50. The van der Waals surface area contributed by atoms with E-state index in [4.69, 9.17) is 11.6 Å². The third-order valence-electron chi connectivity index (χ3n) is 1.92. The highest BCUT2D eigenvalue weighted by molar-refractivity contribution is 7.18. The molecule has 0 saturated heterocycles. The number of halogens is 1. The van der Waals surface area contributed by atoms with E-state index in [1.54, 1.807) is 26.0 Å². The number of nitrogens with one attached hydrogen (secondary N) is 1. The second-order valence-electron chi connectivity index (χ2n) is 3.67. The van der Waals surface area contributed by atoms with E-state index >= 15 is 0 Å². The molecule has 0 saturated carbocycles. The van der Waals surface area contributed by atoms with Crippen LogP contribution in [0.5, 0.6) is 0 Å². The van der Waals surface area contributed by atoms with Gasteiger partial charge >= 0.3 is 5.97 Å². The van der Waals surface area contributed by atoms with E-state index in [-0.39, 0.29) is 5.91 Å². The first-order valence-electron chi connectivity index (χ1n) is 4.53. The second-order valence-corrected chi connectivity index (χ2v) is 5.39. The summed E-state index contributed by atoms with van der Waals surface area (Å²) < 4.78 is 5.11. The molecule has 0 aromatic carbocycles. The summed E-state index contributed by atoms with van der Waals surface area (Å²) in [4.78, 5) is 23.5. The summed E-state index contributed by atoms with van der Waals surface area (Å²) in [6.07, 6.45) is 0. The highest BCUT2D eigenvalue weighted by atomic mass is 35.5. The fourth-order valence-corrected chi connectivity index (χ4v) is 2.03. The molecule has 1 rings (SSSR count). The zero-order chi connectivity index (χ0) is 12.3. The highest BCUT2D eigenvalue weighted by Crippen LogP contribution is 2.21. The maximum Gasteiger partial charge on any atom is 0.330 e. The van der Waals surface area contributed by atoms with Gasteiger partial charge in [0, 0.05) is 0 Å². The van der Waals surface area contributed by atoms with Crippen molar-refractivity contribution in [3.63, 3.8) is 0 Å². The van der Waals surface area contributed by atoms with Crippen molar-refractivity contribution in [3.05, 3.63) is 21.3 Å². The lowest BCUT2D eigenvalue weighted by Gasteiger charge is -2.22. The Bertz CT molecular complexity index is 414. The zero-order valence-corrected chi connectivity index (χ0v) is 10.7. The van der Waals surface area contributed by atoms with Crippen LogP contribution in [0.3, 0.4) is 0 Å². The number of hydrogen-bond acceptors (Lipinski definition) is 4. The minimum absolute atomic E-state index is 0.340. The van der Waals surface area contributed by atoms with Crippen molar-refractivity contribution in [2.24, 2.45) is 0 Å². The molecule has 0 aliphatic carbocycles. The Kier molecular flexibility index (Phi) is 3.93. The SMILES string of the molecule is COC(=O)C(C)(C)NC(=O)c1ccc(Cl)s1. The molecule has 6 heteroatoms. The lowest BCUT2D eigenvalue weighted by molar-refractivity contribution is -0.146. The standard InChI is InChI=1S/C10H12ClNO3S/c1-10(2,9(14)15-3)12-8(13)6-4-5-7(11)16-6/h4-5H,1-3H3,(H,12,13). The van der Waals surface area contributed by atoms with Gasteiger partial charge in [0.15, 0.2) is 0 Å². The van der Waals surface area contributed by atoms with Crippen molar-refractivity contribution in [2.45, 2.75) is 19.4 Å². The average Bonchev–Trinajstić information content (AvgIpc) is 2.63. The van der Waals surface area contributed by atoms with Crippen LogP contribution in [0, 0.1) is 0 Å². The van der Waals surface area contributed by atoms with Crippen LogP contribution >= 0.6 is 22.9 Å². The highest BCUT2D eigenvalue weighted by Gasteiger charge is 2.31. The Hall–Kier alpha value is -1.07. The molecule has 0 unspecified atom stereocenters. The van der Waals surface area contributed by atoms with Gasteiger partial charge < -0.3 is 10.1 Å². The number of thiophene rings is 1. The first-order valence-corrected chi connectivity index (χ1v) is 5.72. The quantitative estimate of drug-likeness (QED) is 0.848. The monoisotopic (exact) mass is 261 g/mol. The Morgan fingerprint density at radius 1 is 1.44 bits per heavy atom. The minimum Gasteiger partial charge on any atom is -0.467 e. The van der Waals surface area contributed by atoms with Crippen molar-refractivity contribution in [1.29, 1.82) is 0 Å².